The van der Waals surface area contributed by atoms with Crippen molar-refractivity contribution in [3.05, 3.63) is 23.7 Å². The molecule has 0 spiro atoms. The fraction of sp³-hybridized carbons (Fsp3) is 0.500. The summed E-state index contributed by atoms with van der Waals surface area (Å²) >= 11 is 5.87. The van der Waals surface area contributed by atoms with Crippen LogP contribution in [0, 0.1) is 0 Å². The fourth-order valence-corrected chi connectivity index (χ4v) is 2.43. The first kappa shape index (κ1) is 14.3. The van der Waals surface area contributed by atoms with Gasteiger partial charge in [0.25, 0.3) is 0 Å². The largest absolute Gasteiger partial charge is 0.474 e. The Bertz CT molecular complexity index is 611. The van der Waals surface area contributed by atoms with Gasteiger partial charge in [0.05, 0.1) is 17.4 Å². The van der Waals surface area contributed by atoms with Crippen molar-refractivity contribution in [2.24, 2.45) is 7.05 Å². The van der Waals surface area contributed by atoms with E-state index >= 15 is 0 Å². The van der Waals surface area contributed by atoms with Crippen LogP contribution in [0.25, 0.3) is 11.3 Å². The summed E-state index contributed by atoms with van der Waals surface area (Å²) in [5.41, 5.74) is 1.49. The number of hydrogen-bond donors (Lipinski definition) is 0. The fourth-order valence-electron chi connectivity index (χ4n) is 2.30. The number of rotatable bonds is 4. The van der Waals surface area contributed by atoms with Gasteiger partial charge in [-0.3, -0.25) is 4.68 Å². The van der Waals surface area contributed by atoms with E-state index in [9.17, 15) is 0 Å². The predicted octanol–water partition coefficient (Wildman–Crippen LogP) is 2.48. The van der Waals surface area contributed by atoms with Crippen LogP contribution in [0.4, 0.5) is 0 Å². The van der Waals surface area contributed by atoms with E-state index in [0.717, 1.165) is 30.7 Å². The van der Waals surface area contributed by atoms with E-state index in [2.05, 4.69) is 15.1 Å². The van der Waals surface area contributed by atoms with Gasteiger partial charge in [0.15, 0.2) is 0 Å². The molecule has 1 unspecified atom stereocenters. The lowest BCUT2D eigenvalue weighted by atomic mass is 10.1. The first-order chi connectivity index (χ1) is 10.2. The van der Waals surface area contributed by atoms with E-state index in [1.165, 1.54) is 6.42 Å². The van der Waals surface area contributed by atoms with Crippen LogP contribution in [0.3, 0.4) is 0 Å². The van der Waals surface area contributed by atoms with Crippen LogP contribution in [0.5, 0.6) is 5.88 Å². The minimum absolute atomic E-state index is 0.115. The molecule has 2 aromatic heterocycles. The Balaban J connectivity index is 1.78. The third-order valence-corrected chi connectivity index (χ3v) is 3.58. The molecule has 6 nitrogen and oxygen atoms in total. The van der Waals surface area contributed by atoms with Crippen LogP contribution in [0.1, 0.15) is 19.3 Å². The summed E-state index contributed by atoms with van der Waals surface area (Å²) in [5.74, 6) is 0.447. The molecule has 1 atom stereocenters. The van der Waals surface area contributed by atoms with Crippen LogP contribution in [0.15, 0.2) is 18.5 Å². The van der Waals surface area contributed by atoms with Gasteiger partial charge in [0, 0.05) is 26.0 Å². The van der Waals surface area contributed by atoms with E-state index in [0.29, 0.717) is 12.5 Å². The molecule has 3 heterocycles. The molecule has 21 heavy (non-hydrogen) atoms. The van der Waals surface area contributed by atoms with Crippen LogP contribution >= 0.6 is 11.6 Å². The number of aromatic nitrogens is 4. The zero-order chi connectivity index (χ0) is 14.7. The Labute approximate surface area is 128 Å². The second kappa shape index (κ2) is 6.41. The van der Waals surface area contributed by atoms with E-state index in [-0.39, 0.29) is 11.4 Å². The zero-order valence-corrected chi connectivity index (χ0v) is 12.6. The monoisotopic (exact) mass is 308 g/mol. The van der Waals surface area contributed by atoms with E-state index in [4.69, 9.17) is 21.1 Å². The molecule has 0 amide bonds. The van der Waals surface area contributed by atoms with Crippen LogP contribution in [-0.2, 0) is 11.8 Å². The van der Waals surface area contributed by atoms with Gasteiger partial charge in [-0.1, -0.05) is 0 Å². The van der Waals surface area contributed by atoms with Crippen molar-refractivity contribution in [2.45, 2.75) is 25.4 Å². The van der Waals surface area contributed by atoms with Gasteiger partial charge in [-0.15, -0.1) is 0 Å². The molecule has 2 aromatic rings. The molecule has 1 aliphatic heterocycles. The van der Waals surface area contributed by atoms with Crippen molar-refractivity contribution in [3.63, 3.8) is 0 Å². The van der Waals surface area contributed by atoms with Crippen molar-refractivity contribution in [1.82, 2.24) is 19.7 Å². The number of ether oxygens (including phenoxy) is 2. The minimum atomic E-state index is 0.115. The summed E-state index contributed by atoms with van der Waals surface area (Å²) < 4.78 is 13.2. The highest BCUT2D eigenvalue weighted by Crippen LogP contribution is 2.27. The normalized spacial score (nSPS) is 18.7. The summed E-state index contributed by atoms with van der Waals surface area (Å²) in [6.07, 6.45) is 6.91. The summed E-state index contributed by atoms with van der Waals surface area (Å²) in [6.45, 7) is 1.26. The maximum absolute atomic E-state index is 5.87. The van der Waals surface area contributed by atoms with Gasteiger partial charge in [-0.25, -0.2) is 4.98 Å². The first-order valence-electron chi connectivity index (χ1n) is 6.99. The standard InChI is InChI=1S/C14H17ClN4O2/c1-19-6-5-12(18-19)11-8-16-14(15)17-13(11)21-9-10-4-2-3-7-20-10/h5-6,8,10H,2-4,7,9H2,1H3. The lowest BCUT2D eigenvalue weighted by Gasteiger charge is -2.22. The van der Waals surface area contributed by atoms with E-state index in [1.807, 2.05) is 19.3 Å². The van der Waals surface area contributed by atoms with Crippen LogP contribution < -0.4 is 4.74 Å². The lowest BCUT2D eigenvalue weighted by Crippen LogP contribution is -2.26. The molecular weight excluding hydrogens is 292 g/mol. The van der Waals surface area contributed by atoms with E-state index < -0.39 is 0 Å². The van der Waals surface area contributed by atoms with Crippen molar-refractivity contribution >= 4 is 11.6 Å². The Morgan fingerprint density at radius 2 is 2.38 bits per heavy atom. The zero-order valence-electron chi connectivity index (χ0n) is 11.8. The molecule has 7 heteroatoms. The van der Waals surface area contributed by atoms with Crippen molar-refractivity contribution < 1.29 is 9.47 Å². The van der Waals surface area contributed by atoms with Crippen molar-refractivity contribution in [2.75, 3.05) is 13.2 Å². The van der Waals surface area contributed by atoms with E-state index in [1.54, 1.807) is 10.9 Å². The predicted molar refractivity (Wildman–Crippen MR) is 78.3 cm³/mol. The topological polar surface area (TPSA) is 62.1 Å². The summed E-state index contributed by atoms with van der Waals surface area (Å²) in [4.78, 5) is 8.18. The minimum Gasteiger partial charge on any atom is -0.474 e. The average molecular weight is 309 g/mol. The highest BCUT2D eigenvalue weighted by atomic mass is 35.5. The van der Waals surface area contributed by atoms with Crippen LogP contribution in [0.2, 0.25) is 5.28 Å². The van der Waals surface area contributed by atoms with Gasteiger partial charge >= 0.3 is 0 Å². The second-order valence-electron chi connectivity index (χ2n) is 5.03. The molecule has 0 radical (unpaired) electrons. The molecule has 1 aliphatic rings. The lowest BCUT2D eigenvalue weighted by molar-refractivity contribution is -0.0118. The maximum atomic E-state index is 5.87. The number of nitrogens with zero attached hydrogens (tertiary/aromatic N) is 4. The third kappa shape index (κ3) is 3.51. The summed E-state index contributed by atoms with van der Waals surface area (Å²) in [6, 6.07) is 1.89. The molecule has 0 aliphatic carbocycles. The number of halogens is 1. The number of hydrogen-bond acceptors (Lipinski definition) is 5. The van der Waals surface area contributed by atoms with Crippen molar-refractivity contribution in [1.29, 1.82) is 0 Å². The molecule has 1 saturated heterocycles. The Hall–Kier alpha value is -1.66. The third-order valence-electron chi connectivity index (χ3n) is 3.39. The smallest absolute Gasteiger partial charge is 0.227 e. The molecule has 0 N–H and O–H groups in total. The molecule has 0 saturated carbocycles. The summed E-state index contributed by atoms with van der Waals surface area (Å²) in [7, 11) is 1.86. The van der Waals surface area contributed by atoms with Gasteiger partial charge in [0.2, 0.25) is 11.2 Å². The van der Waals surface area contributed by atoms with Gasteiger partial charge < -0.3 is 9.47 Å². The maximum Gasteiger partial charge on any atom is 0.227 e. The molecule has 112 valence electrons. The second-order valence-corrected chi connectivity index (χ2v) is 5.37. The highest BCUT2D eigenvalue weighted by Gasteiger charge is 2.18. The Morgan fingerprint density at radius 3 is 3.10 bits per heavy atom. The quantitative estimate of drug-likeness (QED) is 0.812. The van der Waals surface area contributed by atoms with Crippen molar-refractivity contribution in [3.8, 4) is 17.1 Å². The SMILES string of the molecule is Cn1ccc(-c2cnc(Cl)nc2OCC2CCCCO2)n1. The number of aryl methyl sites for hydroxylation is 1. The molecule has 1 fully saturated rings. The highest BCUT2D eigenvalue weighted by molar-refractivity contribution is 6.28. The first-order valence-corrected chi connectivity index (χ1v) is 7.37. The van der Waals surface area contributed by atoms with Crippen LogP contribution in [-0.4, -0.2) is 39.1 Å². The molecule has 3 rings (SSSR count). The molecule has 0 bridgehead atoms. The average Bonchev–Trinajstić information content (AvgIpc) is 2.93. The van der Waals surface area contributed by atoms with Gasteiger partial charge in [-0.2, -0.15) is 10.1 Å². The van der Waals surface area contributed by atoms with Gasteiger partial charge in [0.1, 0.15) is 6.61 Å². The molecular formula is C14H17ClN4O2. The van der Waals surface area contributed by atoms with Gasteiger partial charge in [-0.05, 0) is 36.9 Å². The summed E-state index contributed by atoms with van der Waals surface area (Å²) in [5, 5.41) is 4.51. The molecule has 0 aromatic carbocycles. The Morgan fingerprint density at radius 1 is 1.48 bits per heavy atom. The Kier molecular flexibility index (Phi) is 4.36.